The third-order valence-electron chi connectivity index (χ3n) is 6.19. The predicted octanol–water partition coefficient (Wildman–Crippen LogP) is 4.66. The first-order chi connectivity index (χ1) is 13.4. The van der Waals surface area contributed by atoms with Crippen molar-refractivity contribution in [2.24, 2.45) is 5.92 Å². The van der Waals surface area contributed by atoms with Crippen molar-refractivity contribution < 1.29 is 17.6 Å². The number of hydrogen-bond donors (Lipinski definition) is 2. The summed E-state index contributed by atoms with van der Waals surface area (Å²) in [5.74, 6) is -0.321. The third-order valence-corrected chi connectivity index (χ3v) is 6.19. The zero-order valence-corrected chi connectivity index (χ0v) is 15.2. The van der Waals surface area contributed by atoms with E-state index in [9.17, 15) is 17.6 Å². The molecule has 7 heteroatoms. The molecule has 3 aliphatic rings. The Morgan fingerprint density at radius 3 is 2.82 bits per heavy atom. The smallest absolute Gasteiger partial charge is 0.371 e. The molecule has 3 nitrogen and oxygen atoms in total. The fourth-order valence-corrected chi connectivity index (χ4v) is 4.98. The maximum Gasteiger partial charge on any atom is 0.419 e. The zero-order chi connectivity index (χ0) is 19.5. The Kier molecular flexibility index (Phi) is 4.05. The van der Waals surface area contributed by atoms with Crippen LogP contribution in [0.3, 0.4) is 0 Å². The summed E-state index contributed by atoms with van der Waals surface area (Å²) >= 11 is 0. The number of anilines is 3. The second kappa shape index (κ2) is 6.37. The van der Waals surface area contributed by atoms with Gasteiger partial charge in [-0.1, -0.05) is 6.07 Å². The van der Waals surface area contributed by atoms with Gasteiger partial charge in [0, 0.05) is 43.5 Å². The Labute approximate surface area is 160 Å². The highest BCUT2D eigenvalue weighted by Crippen LogP contribution is 2.46. The number of nitrogens with one attached hydrogen (secondary N) is 2. The third kappa shape index (κ3) is 2.83. The summed E-state index contributed by atoms with van der Waals surface area (Å²) in [5, 5.41) is 6.37. The van der Waals surface area contributed by atoms with E-state index in [1.807, 2.05) is 12.1 Å². The van der Waals surface area contributed by atoms with Gasteiger partial charge in [-0.25, -0.2) is 4.39 Å². The Balaban J connectivity index is 1.56. The van der Waals surface area contributed by atoms with E-state index >= 15 is 0 Å². The molecule has 0 saturated carbocycles. The van der Waals surface area contributed by atoms with Crippen LogP contribution < -0.4 is 15.5 Å². The van der Waals surface area contributed by atoms with Gasteiger partial charge >= 0.3 is 6.18 Å². The number of fused-ring (bicyclic) bond motifs is 2. The van der Waals surface area contributed by atoms with Crippen molar-refractivity contribution in [3.8, 4) is 0 Å². The second-order valence-corrected chi connectivity index (χ2v) is 7.94. The molecule has 148 valence electrons. The molecule has 2 N–H and O–H groups in total. The van der Waals surface area contributed by atoms with Gasteiger partial charge in [0.2, 0.25) is 0 Å². The Bertz CT molecular complexity index is 925. The van der Waals surface area contributed by atoms with Gasteiger partial charge < -0.3 is 15.5 Å². The average molecular weight is 391 g/mol. The quantitative estimate of drug-likeness (QED) is 0.730. The van der Waals surface area contributed by atoms with Crippen LogP contribution in [0.25, 0.3) is 0 Å². The minimum absolute atomic E-state index is 0.147. The molecule has 3 heterocycles. The van der Waals surface area contributed by atoms with E-state index in [1.54, 1.807) is 0 Å². The Hall–Kier alpha value is -2.28. The summed E-state index contributed by atoms with van der Waals surface area (Å²) in [6.45, 7) is 3.98. The summed E-state index contributed by atoms with van der Waals surface area (Å²) in [7, 11) is 0. The standard InChI is InChI=1S/C21H21F4N3/c22-19-17(21(23,24)25)4-1-5-18(19)27-14-7-12-3-2-6-28-11-13-9-26-10-16(13)15(8-14)20(12)28/h1,4-5,7-8,13,16,26-27H,2-3,6,9-11H2/t13-,16?/m1/s1. The molecular formula is C21H21F4N3. The minimum atomic E-state index is -4.72. The van der Waals surface area contributed by atoms with Gasteiger partial charge in [-0.3, -0.25) is 0 Å². The molecule has 1 saturated heterocycles. The lowest BCUT2D eigenvalue weighted by Crippen LogP contribution is -2.41. The van der Waals surface area contributed by atoms with Crippen molar-refractivity contribution in [2.45, 2.75) is 24.9 Å². The first-order valence-electron chi connectivity index (χ1n) is 9.67. The lowest BCUT2D eigenvalue weighted by atomic mass is 9.80. The van der Waals surface area contributed by atoms with Gasteiger partial charge in [-0.2, -0.15) is 13.2 Å². The number of benzene rings is 2. The summed E-state index contributed by atoms with van der Waals surface area (Å²) in [5.41, 5.74) is 2.97. The maximum absolute atomic E-state index is 14.5. The molecule has 0 aliphatic carbocycles. The fourth-order valence-electron chi connectivity index (χ4n) is 4.98. The first kappa shape index (κ1) is 17.8. The van der Waals surface area contributed by atoms with Gasteiger partial charge in [0.25, 0.3) is 0 Å². The molecule has 0 bridgehead atoms. The van der Waals surface area contributed by atoms with Gasteiger partial charge in [0.1, 0.15) is 0 Å². The Morgan fingerprint density at radius 2 is 2.00 bits per heavy atom. The second-order valence-electron chi connectivity index (χ2n) is 7.94. The van der Waals surface area contributed by atoms with Crippen molar-refractivity contribution in [1.82, 2.24) is 5.32 Å². The van der Waals surface area contributed by atoms with Crippen molar-refractivity contribution in [3.05, 3.63) is 52.8 Å². The normalized spacial score (nSPS) is 23.4. The number of aryl methyl sites for hydroxylation is 1. The van der Waals surface area contributed by atoms with E-state index in [4.69, 9.17) is 0 Å². The van der Waals surface area contributed by atoms with Gasteiger partial charge in [-0.15, -0.1) is 0 Å². The highest BCUT2D eigenvalue weighted by Gasteiger charge is 2.39. The molecule has 2 atom stereocenters. The molecule has 0 aromatic heterocycles. The van der Waals surface area contributed by atoms with Gasteiger partial charge in [-0.05, 0) is 54.2 Å². The molecule has 1 fully saturated rings. The highest BCUT2D eigenvalue weighted by molar-refractivity contribution is 5.73. The average Bonchev–Trinajstić information content (AvgIpc) is 3.11. The van der Waals surface area contributed by atoms with E-state index in [-0.39, 0.29) is 5.69 Å². The van der Waals surface area contributed by atoms with E-state index in [0.717, 1.165) is 45.1 Å². The molecule has 1 unspecified atom stereocenters. The fraction of sp³-hybridized carbons (Fsp3) is 0.429. The lowest BCUT2D eigenvalue weighted by molar-refractivity contribution is -0.139. The zero-order valence-electron chi connectivity index (χ0n) is 15.2. The van der Waals surface area contributed by atoms with Crippen LogP contribution >= 0.6 is 0 Å². The molecule has 0 amide bonds. The largest absolute Gasteiger partial charge is 0.419 e. The lowest BCUT2D eigenvalue weighted by Gasteiger charge is -2.42. The SMILES string of the molecule is Fc1c(Nc2cc3c4c(c2)C2CNC[C@@H]2CN4CCC3)cccc1C(F)(F)F. The van der Waals surface area contributed by atoms with Crippen LogP contribution in [0.15, 0.2) is 30.3 Å². The number of nitrogens with zero attached hydrogens (tertiary/aromatic N) is 1. The molecule has 28 heavy (non-hydrogen) atoms. The van der Waals surface area contributed by atoms with Crippen molar-refractivity contribution in [3.63, 3.8) is 0 Å². The van der Waals surface area contributed by atoms with Crippen molar-refractivity contribution in [1.29, 1.82) is 0 Å². The predicted molar refractivity (Wildman–Crippen MR) is 101 cm³/mol. The van der Waals surface area contributed by atoms with Crippen LogP contribution in [0, 0.1) is 11.7 Å². The molecule has 2 aromatic rings. The van der Waals surface area contributed by atoms with Gasteiger partial charge in [0.05, 0.1) is 11.3 Å². The van der Waals surface area contributed by atoms with Crippen LogP contribution in [0.4, 0.5) is 34.6 Å². The number of hydrogen-bond acceptors (Lipinski definition) is 3. The monoisotopic (exact) mass is 391 g/mol. The number of alkyl halides is 3. The molecule has 3 aliphatic heterocycles. The van der Waals surface area contributed by atoms with Crippen LogP contribution in [0.5, 0.6) is 0 Å². The van der Waals surface area contributed by atoms with Crippen LogP contribution in [-0.4, -0.2) is 26.2 Å². The van der Waals surface area contributed by atoms with Crippen molar-refractivity contribution >= 4 is 17.1 Å². The molecule has 5 rings (SSSR count). The van der Waals surface area contributed by atoms with E-state index < -0.39 is 17.6 Å². The number of halogens is 4. The minimum Gasteiger partial charge on any atom is -0.371 e. The topological polar surface area (TPSA) is 27.3 Å². The first-order valence-corrected chi connectivity index (χ1v) is 9.67. The van der Waals surface area contributed by atoms with Gasteiger partial charge in [0.15, 0.2) is 5.82 Å². The summed E-state index contributed by atoms with van der Waals surface area (Å²) in [4.78, 5) is 2.44. The summed E-state index contributed by atoms with van der Waals surface area (Å²) < 4.78 is 53.5. The van der Waals surface area contributed by atoms with E-state index in [1.165, 1.54) is 28.9 Å². The van der Waals surface area contributed by atoms with Crippen LogP contribution in [0.2, 0.25) is 0 Å². The summed E-state index contributed by atoms with van der Waals surface area (Å²) in [6, 6.07) is 7.31. The van der Waals surface area contributed by atoms with E-state index in [0.29, 0.717) is 17.5 Å². The van der Waals surface area contributed by atoms with E-state index in [2.05, 4.69) is 15.5 Å². The number of rotatable bonds is 2. The Morgan fingerprint density at radius 1 is 1.14 bits per heavy atom. The van der Waals surface area contributed by atoms with Crippen LogP contribution in [-0.2, 0) is 12.6 Å². The maximum atomic E-state index is 14.5. The highest BCUT2D eigenvalue weighted by atomic mass is 19.4. The van der Waals surface area contributed by atoms with Crippen molar-refractivity contribution in [2.75, 3.05) is 36.4 Å². The molecule has 0 radical (unpaired) electrons. The van der Waals surface area contributed by atoms with Crippen LogP contribution in [0.1, 0.15) is 29.0 Å². The molecule has 0 spiro atoms. The summed E-state index contributed by atoms with van der Waals surface area (Å²) in [6.07, 6.45) is -2.73. The molecule has 2 aromatic carbocycles. The molecular weight excluding hydrogens is 370 g/mol.